The number of aromatic nitrogens is 4. The summed E-state index contributed by atoms with van der Waals surface area (Å²) in [5, 5.41) is 13.4. The number of nitrogens with zero attached hydrogens (tertiary/aromatic N) is 4. The van der Waals surface area contributed by atoms with E-state index in [0.29, 0.717) is 18.5 Å². The molecule has 8 nitrogen and oxygen atoms in total. The van der Waals surface area contributed by atoms with Crippen molar-refractivity contribution in [3.8, 4) is 17.0 Å². The molecule has 2 aromatic heterocycles. The third-order valence-corrected chi connectivity index (χ3v) is 4.78. The maximum absolute atomic E-state index is 12.2. The van der Waals surface area contributed by atoms with Gasteiger partial charge in [0.05, 0.1) is 6.54 Å². The lowest BCUT2D eigenvalue weighted by Crippen LogP contribution is -2.08. The molecule has 0 spiro atoms. The normalized spacial score (nSPS) is 10.8. The van der Waals surface area contributed by atoms with Crippen LogP contribution < -0.4 is 4.74 Å². The Labute approximate surface area is 180 Å². The minimum absolute atomic E-state index is 0.0307. The van der Waals surface area contributed by atoms with E-state index < -0.39 is 6.16 Å². The summed E-state index contributed by atoms with van der Waals surface area (Å²) in [4.78, 5) is 31.6. The van der Waals surface area contributed by atoms with Crippen molar-refractivity contribution in [2.75, 3.05) is 0 Å². The van der Waals surface area contributed by atoms with E-state index in [9.17, 15) is 9.59 Å². The molecule has 3 aromatic rings. The van der Waals surface area contributed by atoms with Crippen molar-refractivity contribution in [2.24, 2.45) is 0 Å². The van der Waals surface area contributed by atoms with Gasteiger partial charge in [0.2, 0.25) is 17.5 Å². The van der Waals surface area contributed by atoms with Crippen LogP contribution in [0.25, 0.3) is 11.1 Å². The van der Waals surface area contributed by atoms with Gasteiger partial charge in [0.1, 0.15) is 5.82 Å². The number of carboxylic acid groups (broad SMARTS) is 1. The number of Topliss-reactive ketones (excluding diaryl/α,β-unsaturated/α-hetero) is 1. The second-order valence-electron chi connectivity index (χ2n) is 7.21. The van der Waals surface area contributed by atoms with E-state index in [4.69, 9.17) is 9.84 Å². The molecule has 8 heteroatoms. The predicted octanol–water partition coefficient (Wildman–Crippen LogP) is 4.77. The molecule has 31 heavy (non-hydrogen) atoms. The second kappa shape index (κ2) is 10.5. The summed E-state index contributed by atoms with van der Waals surface area (Å²) in [5.41, 5.74) is 2.37. The summed E-state index contributed by atoms with van der Waals surface area (Å²) in [5.74, 6) is 1.11. The van der Waals surface area contributed by atoms with Gasteiger partial charge in [-0.1, -0.05) is 44.5 Å². The number of aryl methyl sites for hydroxylation is 1. The Balaban J connectivity index is 1.83. The van der Waals surface area contributed by atoms with Gasteiger partial charge in [-0.05, 0) is 36.1 Å². The van der Waals surface area contributed by atoms with Gasteiger partial charge in [0.15, 0.2) is 0 Å². The van der Waals surface area contributed by atoms with Gasteiger partial charge in [0, 0.05) is 24.6 Å². The first-order valence-corrected chi connectivity index (χ1v) is 10.4. The monoisotopic (exact) mass is 422 g/mol. The number of unbranched alkanes of at least 4 members (excludes halogenated alkanes) is 1. The number of hydrogen-bond acceptors (Lipinski definition) is 6. The molecule has 0 aliphatic rings. The van der Waals surface area contributed by atoms with Crippen molar-refractivity contribution in [3.05, 3.63) is 59.8 Å². The topological polar surface area (TPSA) is 107 Å². The van der Waals surface area contributed by atoms with Crippen LogP contribution in [0.5, 0.6) is 5.88 Å². The van der Waals surface area contributed by atoms with E-state index in [2.05, 4.69) is 22.0 Å². The zero-order valence-corrected chi connectivity index (χ0v) is 17.7. The minimum atomic E-state index is -1.41. The lowest BCUT2D eigenvalue weighted by atomic mass is 10.1. The molecule has 162 valence electrons. The Hall–Kier alpha value is -3.55. The van der Waals surface area contributed by atoms with E-state index >= 15 is 0 Å². The molecule has 0 saturated heterocycles. The number of hydrogen-bond donors (Lipinski definition) is 1. The molecule has 0 saturated carbocycles. The zero-order valence-electron chi connectivity index (χ0n) is 17.7. The van der Waals surface area contributed by atoms with Crippen LogP contribution in [0, 0.1) is 0 Å². The highest BCUT2D eigenvalue weighted by Gasteiger charge is 2.16. The first-order valence-electron chi connectivity index (χ1n) is 10.4. The highest BCUT2D eigenvalue weighted by atomic mass is 16.7. The van der Waals surface area contributed by atoms with Crippen molar-refractivity contribution in [3.63, 3.8) is 0 Å². The molecule has 1 N–H and O–H groups in total. The Morgan fingerprint density at radius 1 is 1.10 bits per heavy atom. The van der Waals surface area contributed by atoms with E-state index in [-0.39, 0.29) is 17.5 Å². The highest BCUT2D eigenvalue weighted by Crippen LogP contribution is 2.28. The maximum atomic E-state index is 12.2. The Kier molecular flexibility index (Phi) is 7.48. The first kappa shape index (κ1) is 22.1. The summed E-state index contributed by atoms with van der Waals surface area (Å²) < 4.78 is 6.58. The first-order chi connectivity index (χ1) is 15.0. The summed E-state index contributed by atoms with van der Waals surface area (Å²) in [7, 11) is 0. The van der Waals surface area contributed by atoms with Crippen molar-refractivity contribution in [2.45, 2.75) is 52.5 Å². The molecule has 3 rings (SSSR count). The van der Waals surface area contributed by atoms with Gasteiger partial charge in [-0.15, -0.1) is 5.10 Å². The fraction of sp³-hybridized carbons (Fsp3) is 0.348. The second-order valence-corrected chi connectivity index (χ2v) is 7.21. The predicted molar refractivity (Wildman–Crippen MR) is 115 cm³/mol. The highest BCUT2D eigenvalue weighted by molar-refractivity contribution is 5.92. The van der Waals surface area contributed by atoms with Crippen LogP contribution in [0.2, 0.25) is 0 Å². The van der Waals surface area contributed by atoms with E-state index in [1.54, 1.807) is 16.8 Å². The minimum Gasteiger partial charge on any atom is -0.449 e. The van der Waals surface area contributed by atoms with Crippen LogP contribution >= 0.6 is 0 Å². The van der Waals surface area contributed by atoms with Crippen molar-refractivity contribution >= 4 is 11.9 Å². The summed E-state index contributed by atoms with van der Waals surface area (Å²) in [6.07, 6.45) is 4.07. The van der Waals surface area contributed by atoms with E-state index in [1.165, 1.54) is 6.20 Å². The number of ketones is 1. The number of ether oxygens (including phenoxy) is 1. The van der Waals surface area contributed by atoms with E-state index in [0.717, 1.165) is 42.6 Å². The molecule has 0 amide bonds. The third kappa shape index (κ3) is 5.75. The smallest absolute Gasteiger partial charge is 0.449 e. The molecule has 1 aromatic carbocycles. The number of carbonyl (C=O) groups excluding carboxylic acids is 1. The SMILES string of the molecule is CCCCc1nc(C(=O)CCC)nn1Cc1ccc(-c2cccnc2OC(=O)O)cc1. The van der Waals surface area contributed by atoms with Gasteiger partial charge >= 0.3 is 6.16 Å². The summed E-state index contributed by atoms with van der Waals surface area (Å²) in [6, 6.07) is 11.1. The third-order valence-electron chi connectivity index (χ3n) is 4.78. The Morgan fingerprint density at radius 2 is 1.87 bits per heavy atom. The average Bonchev–Trinajstić information content (AvgIpc) is 3.16. The average molecular weight is 422 g/mol. The Morgan fingerprint density at radius 3 is 2.55 bits per heavy atom. The molecule has 0 atom stereocenters. The molecule has 0 bridgehead atoms. The molecule has 0 radical (unpaired) electrons. The number of benzene rings is 1. The van der Waals surface area contributed by atoms with Gasteiger partial charge in [0.25, 0.3) is 0 Å². The summed E-state index contributed by atoms with van der Waals surface area (Å²) >= 11 is 0. The molecule has 2 heterocycles. The fourth-order valence-corrected chi connectivity index (χ4v) is 3.22. The Bertz CT molecular complexity index is 1040. The largest absolute Gasteiger partial charge is 0.512 e. The van der Waals surface area contributed by atoms with Gasteiger partial charge in [-0.25, -0.2) is 19.4 Å². The lowest BCUT2D eigenvalue weighted by Gasteiger charge is -2.09. The number of rotatable bonds is 10. The molecule has 0 unspecified atom stereocenters. The van der Waals surface area contributed by atoms with Crippen LogP contribution in [0.4, 0.5) is 4.79 Å². The van der Waals surface area contributed by atoms with Crippen molar-refractivity contribution in [1.82, 2.24) is 19.7 Å². The molecular weight excluding hydrogens is 396 g/mol. The van der Waals surface area contributed by atoms with Crippen LogP contribution in [0.1, 0.15) is 61.5 Å². The molecule has 0 fully saturated rings. The standard InChI is InChI=1S/C23H26N4O4/c1-3-5-9-20-25-21(19(28)7-4-2)26-27(20)15-16-10-12-17(13-11-16)18-8-6-14-24-22(18)31-23(29)30/h6,8,10-14H,3-5,7,9,15H2,1-2H3,(H,29,30). The molecular formula is C23H26N4O4. The van der Waals surface area contributed by atoms with Crippen molar-refractivity contribution < 1.29 is 19.4 Å². The molecule has 0 aliphatic heterocycles. The van der Waals surface area contributed by atoms with E-state index in [1.807, 2.05) is 31.2 Å². The fourth-order valence-electron chi connectivity index (χ4n) is 3.22. The molecule has 0 aliphatic carbocycles. The van der Waals surface area contributed by atoms with Crippen LogP contribution in [0.3, 0.4) is 0 Å². The quantitative estimate of drug-likeness (QED) is 0.370. The lowest BCUT2D eigenvalue weighted by molar-refractivity contribution is 0.0971. The van der Waals surface area contributed by atoms with Crippen LogP contribution in [-0.4, -0.2) is 36.8 Å². The van der Waals surface area contributed by atoms with Gasteiger partial charge < -0.3 is 9.84 Å². The van der Waals surface area contributed by atoms with Crippen LogP contribution in [-0.2, 0) is 13.0 Å². The summed E-state index contributed by atoms with van der Waals surface area (Å²) in [6.45, 7) is 4.57. The number of carbonyl (C=O) groups is 2. The van der Waals surface area contributed by atoms with Crippen molar-refractivity contribution in [1.29, 1.82) is 0 Å². The zero-order chi connectivity index (χ0) is 22.2. The van der Waals surface area contributed by atoms with Gasteiger partial charge in [-0.3, -0.25) is 4.79 Å². The number of pyridine rings is 1. The maximum Gasteiger partial charge on any atom is 0.512 e. The van der Waals surface area contributed by atoms with Crippen LogP contribution in [0.15, 0.2) is 42.6 Å². The van der Waals surface area contributed by atoms with Gasteiger partial charge in [-0.2, -0.15) is 0 Å².